The summed E-state index contributed by atoms with van der Waals surface area (Å²) in [7, 11) is 0. The molecule has 2 rings (SSSR count). The van der Waals surface area contributed by atoms with Crippen molar-refractivity contribution in [2.75, 3.05) is 6.61 Å². The number of ether oxygens (including phenoxy) is 4. The first kappa shape index (κ1) is 27.1. The minimum Gasteiger partial charge on any atom is -0.447 e. The van der Waals surface area contributed by atoms with Gasteiger partial charge in [0.2, 0.25) is 0 Å². The van der Waals surface area contributed by atoms with Gasteiger partial charge in [0.05, 0.1) is 12.7 Å². The van der Waals surface area contributed by atoms with Gasteiger partial charge >= 0.3 is 24.4 Å². The van der Waals surface area contributed by atoms with Gasteiger partial charge in [-0.05, 0) is 71.6 Å². The Kier molecular flexibility index (Phi) is 13.4. The highest BCUT2D eigenvalue weighted by atomic mass is 16.6. The maximum atomic E-state index is 11.1. The maximum Gasteiger partial charge on any atom is 0.452 e. The van der Waals surface area contributed by atoms with Gasteiger partial charge in [-0.3, -0.25) is 0 Å². The molecule has 0 atom stereocenters. The second-order valence-corrected chi connectivity index (χ2v) is 7.53. The molecule has 12 nitrogen and oxygen atoms in total. The van der Waals surface area contributed by atoms with Crippen LogP contribution >= 0.6 is 0 Å². The fourth-order valence-corrected chi connectivity index (χ4v) is 2.95. The van der Waals surface area contributed by atoms with E-state index in [1.807, 2.05) is 6.92 Å². The van der Waals surface area contributed by atoms with Crippen LogP contribution in [0, 0.1) is 0 Å². The Morgan fingerprint density at radius 1 is 0.719 bits per heavy atom. The number of carbonyl (C=O) groups is 4. The second-order valence-electron chi connectivity index (χ2n) is 7.53. The monoisotopic (exact) mass is 456 g/mol. The van der Waals surface area contributed by atoms with E-state index in [0.29, 0.717) is 6.42 Å². The van der Waals surface area contributed by atoms with Crippen LogP contribution in [0.15, 0.2) is 20.5 Å². The number of hydrogen-bond acceptors (Lipinski definition) is 8. The second kappa shape index (κ2) is 15.8. The molecule has 0 aromatic rings. The van der Waals surface area contributed by atoms with Gasteiger partial charge in [-0.15, -0.1) is 0 Å². The summed E-state index contributed by atoms with van der Waals surface area (Å²) in [6, 6.07) is 0. The molecule has 180 valence electrons. The third kappa shape index (κ3) is 13.4. The fraction of sp³-hybridized carbons (Fsp3) is 0.800. The van der Waals surface area contributed by atoms with Gasteiger partial charge in [0.15, 0.2) is 0 Å². The predicted octanol–water partition coefficient (Wildman–Crippen LogP) is 6.13. The van der Waals surface area contributed by atoms with Gasteiger partial charge in [0, 0.05) is 0 Å². The molecular formula is C20H32N4O8. The van der Waals surface area contributed by atoms with E-state index >= 15 is 0 Å². The standard InChI is InChI=1S/2C10H16N2O4/c1-7(2)15-9(13)11-12-10(14)16-8-5-3-4-6-8;1-2-7-15-9(13)11-12-10(14)16-8-5-3-4-6-8/h7-8H,3-6H2,1-2H3;8H,2-7H2,1H3. The lowest BCUT2D eigenvalue weighted by Gasteiger charge is -2.07. The summed E-state index contributed by atoms with van der Waals surface area (Å²) < 4.78 is 19.2. The average molecular weight is 456 g/mol. The molecule has 0 aromatic carbocycles. The van der Waals surface area contributed by atoms with Crippen LogP contribution in [0.1, 0.15) is 78.6 Å². The maximum absolute atomic E-state index is 11.1. The van der Waals surface area contributed by atoms with Crippen LogP contribution in [0.25, 0.3) is 0 Å². The molecule has 32 heavy (non-hydrogen) atoms. The highest BCUT2D eigenvalue weighted by molar-refractivity contribution is 5.73. The molecule has 0 saturated heterocycles. The smallest absolute Gasteiger partial charge is 0.447 e. The topological polar surface area (TPSA) is 155 Å². The summed E-state index contributed by atoms with van der Waals surface area (Å²) in [6.07, 6.45) is 4.59. The van der Waals surface area contributed by atoms with Crippen LogP contribution in [0.2, 0.25) is 0 Å². The summed E-state index contributed by atoms with van der Waals surface area (Å²) >= 11 is 0. The molecule has 4 amide bonds. The molecule has 2 saturated carbocycles. The van der Waals surface area contributed by atoms with E-state index in [0.717, 1.165) is 51.4 Å². The van der Waals surface area contributed by atoms with Crippen molar-refractivity contribution in [3.8, 4) is 0 Å². The summed E-state index contributed by atoms with van der Waals surface area (Å²) in [4.78, 5) is 43.9. The lowest BCUT2D eigenvalue weighted by Crippen LogP contribution is -2.12. The van der Waals surface area contributed by atoms with Crippen molar-refractivity contribution in [3.05, 3.63) is 0 Å². The highest BCUT2D eigenvalue weighted by Crippen LogP contribution is 2.22. The molecule has 12 heteroatoms. The molecule has 0 radical (unpaired) electrons. The Morgan fingerprint density at radius 3 is 1.53 bits per heavy atom. The van der Waals surface area contributed by atoms with Gasteiger partial charge in [-0.2, -0.15) is 0 Å². The van der Waals surface area contributed by atoms with Crippen molar-refractivity contribution in [1.82, 2.24) is 0 Å². The number of azo groups is 2. The van der Waals surface area contributed by atoms with Crippen molar-refractivity contribution in [2.24, 2.45) is 20.5 Å². The Morgan fingerprint density at radius 2 is 1.12 bits per heavy atom. The average Bonchev–Trinajstić information content (AvgIpc) is 3.43. The number of nitrogens with zero attached hydrogens (tertiary/aromatic N) is 4. The molecule has 0 heterocycles. The molecule has 2 aliphatic rings. The molecule has 0 unspecified atom stereocenters. The first-order valence-corrected chi connectivity index (χ1v) is 10.9. The van der Waals surface area contributed by atoms with Crippen LogP contribution in [0.4, 0.5) is 19.2 Å². The van der Waals surface area contributed by atoms with Crippen LogP contribution < -0.4 is 0 Å². The van der Waals surface area contributed by atoms with Gasteiger partial charge < -0.3 is 18.9 Å². The van der Waals surface area contributed by atoms with E-state index in [1.165, 1.54) is 0 Å². The molecule has 0 N–H and O–H groups in total. The first-order valence-electron chi connectivity index (χ1n) is 10.9. The normalized spacial score (nSPS) is 16.8. The van der Waals surface area contributed by atoms with E-state index < -0.39 is 24.4 Å². The molecule has 0 spiro atoms. The Balaban J connectivity index is 0.000000320. The molecule has 0 aliphatic heterocycles. The zero-order valence-corrected chi connectivity index (χ0v) is 18.9. The predicted molar refractivity (Wildman–Crippen MR) is 110 cm³/mol. The number of rotatable bonds is 5. The zero-order valence-electron chi connectivity index (χ0n) is 18.9. The lowest BCUT2D eigenvalue weighted by molar-refractivity contribution is 0.105. The highest BCUT2D eigenvalue weighted by Gasteiger charge is 2.20. The van der Waals surface area contributed by atoms with Gasteiger partial charge in [0.25, 0.3) is 0 Å². The van der Waals surface area contributed by atoms with E-state index in [9.17, 15) is 19.2 Å². The van der Waals surface area contributed by atoms with E-state index in [-0.39, 0.29) is 24.9 Å². The first-order chi connectivity index (χ1) is 15.3. The molecule has 0 aromatic heterocycles. The van der Waals surface area contributed by atoms with Gasteiger partial charge in [0.1, 0.15) is 12.2 Å². The van der Waals surface area contributed by atoms with E-state index in [1.54, 1.807) is 13.8 Å². The van der Waals surface area contributed by atoms with Gasteiger partial charge in [-0.25, -0.2) is 19.2 Å². The van der Waals surface area contributed by atoms with Crippen LogP contribution in [-0.4, -0.2) is 49.3 Å². The minimum absolute atomic E-state index is 0.0712. The fourth-order valence-electron chi connectivity index (χ4n) is 2.95. The molecule has 0 bridgehead atoms. The third-order valence-electron chi connectivity index (χ3n) is 4.33. The van der Waals surface area contributed by atoms with Gasteiger partial charge in [-0.1, -0.05) is 27.4 Å². The number of carbonyl (C=O) groups excluding carboxylic acids is 4. The Bertz CT molecular complexity index is 669. The summed E-state index contributed by atoms with van der Waals surface area (Å²) in [5.74, 6) is 0. The largest absolute Gasteiger partial charge is 0.452 e. The number of hydrogen-bond donors (Lipinski definition) is 0. The summed E-state index contributed by atoms with van der Waals surface area (Å²) in [5.41, 5.74) is 0. The van der Waals surface area contributed by atoms with Crippen LogP contribution in [-0.2, 0) is 18.9 Å². The lowest BCUT2D eigenvalue weighted by atomic mass is 10.3. The molecule has 2 aliphatic carbocycles. The Labute approximate surface area is 187 Å². The van der Waals surface area contributed by atoms with Crippen molar-refractivity contribution >= 4 is 24.4 Å². The van der Waals surface area contributed by atoms with E-state index in [2.05, 4.69) is 29.9 Å². The third-order valence-corrected chi connectivity index (χ3v) is 4.33. The zero-order chi connectivity index (χ0) is 23.8. The van der Waals surface area contributed by atoms with Crippen LogP contribution in [0.3, 0.4) is 0 Å². The molecule has 2 fully saturated rings. The number of amides is 4. The van der Waals surface area contributed by atoms with Crippen molar-refractivity contribution < 1.29 is 38.1 Å². The Hall–Kier alpha value is -2.92. The quantitative estimate of drug-likeness (QED) is 0.353. The van der Waals surface area contributed by atoms with Crippen LogP contribution in [0.5, 0.6) is 0 Å². The summed E-state index contributed by atoms with van der Waals surface area (Å²) in [6.45, 7) is 5.50. The molecular weight excluding hydrogens is 424 g/mol. The van der Waals surface area contributed by atoms with Crippen molar-refractivity contribution in [2.45, 2.75) is 96.9 Å². The SMILES string of the molecule is CC(C)OC(=O)N=NC(=O)OC1CCCC1.CCCOC(=O)N=NC(=O)OC1CCCC1. The summed E-state index contributed by atoms with van der Waals surface area (Å²) in [5, 5.41) is 12.4. The van der Waals surface area contributed by atoms with Crippen molar-refractivity contribution in [1.29, 1.82) is 0 Å². The van der Waals surface area contributed by atoms with E-state index in [4.69, 9.17) is 9.47 Å². The minimum atomic E-state index is -0.877. The van der Waals surface area contributed by atoms with Crippen molar-refractivity contribution in [3.63, 3.8) is 0 Å².